The highest BCUT2D eigenvalue weighted by Gasteiger charge is 2.14. The van der Waals surface area contributed by atoms with E-state index in [1.54, 1.807) is 19.2 Å². The number of hydrogen-bond acceptors (Lipinski definition) is 3. The fourth-order valence-electron chi connectivity index (χ4n) is 3.19. The minimum absolute atomic E-state index is 0.217. The summed E-state index contributed by atoms with van der Waals surface area (Å²) in [6, 6.07) is 10.7. The van der Waals surface area contributed by atoms with Crippen molar-refractivity contribution in [2.75, 3.05) is 32.1 Å². The van der Waals surface area contributed by atoms with E-state index in [-0.39, 0.29) is 5.82 Å². The van der Waals surface area contributed by atoms with Crippen molar-refractivity contribution in [1.29, 1.82) is 0 Å². The third-order valence-electron chi connectivity index (χ3n) is 4.60. The second-order valence-electron chi connectivity index (χ2n) is 6.60. The molecular formula is C20H26FN5. The molecule has 0 spiro atoms. The molecule has 0 radical (unpaired) electrons. The molecule has 2 aromatic rings. The highest BCUT2D eigenvalue weighted by Crippen LogP contribution is 2.18. The highest BCUT2D eigenvalue weighted by atomic mass is 19.1. The fourth-order valence-corrected chi connectivity index (χ4v) is 3.19. The normalized spacial score (nSPS) is 14.6. The summed E-state index contributed by atoms with van der Waals surface area (Å²) >= 11 is 0. The molecule has 138 valence electrons. The number of nitrogens with zero attached hydrogens (tertiary/aromatic N) is 4. The molecule has 1 aliphatic heterocycles. The summed E-state index contributed by atoms with van der Waals surface area (Å²) in [5.41, 5.74) is 2.22. The van der Waals surface area contributed by atoms with Crippen LogP contribution in [0.25, 0.3) is 0 Å². The second kappa shape index (κ2) is 8.65. The lowest BCUT2D eigenvalue weighted by molar-refractivity contribution is 0.476. The largest absolute Gasteiger partial charge is 0.357 e. The molecule has 3 rings (SSSR count). The second-order valence-corrected chi connectivity index (χ2v) is 6.60. The van der Waals surface area contributed by atoms with Gasteiger partial charge in [-0.25, -0.2) is 9.37 Å². The molecule has 0 saturated carbocycles. The van der Waals surface area contributed by atoms with Gasteiger partial charge in [-0.2, -0.15) is 0 Å². The molecule has 1 aliphatic rings. The Kier molecular flexibility index (Phi) is 6.04. The standard InChI is InChI=1S/C20H26FN5/c1-22-20(25(2)15-16-5-7-18(21)8-6-16)24-14-17-9-10-23-19(13-17)26-11-3-4-12-26/h5-10,13H,3-4,11-12,14-15H2,1-2H3,(H,22,24). The first-order chi connectivity index (χ1) is 12.7. The van der Waals surface area contributed by atoms with Gasteiger partial charge in [0, 0.05) is 46.5 Å². The van der Waals surface area contributed by atoms with Crippen molar-refractivity contribution in [3.8, 4) is 0 Å². The van der Waals surface area contributed by atoms with Gasteiger partial charge in [-0.05, 0) is 48.2 Å². The van der Waals surface area contributed by atoms with Gasteiger partial charge < -0.3 is 15.1 Å². The molecule has 1 fully saturated rings. The van der Waals surface area contributed by atoms with Gasteiger partial charge in [0.15, 0.2) is 5.96 Å². The Hall–Kier alpha value is -2.63. The van der Waals surface area contributed by atoms with Crippen LogP contribution in [0.15, 0.2) is 47.6 Å². The van der Waals surface area contributed by atoms with Crippen LogP contribution >= 0.6 is 0 Å². The van der Waals surface area contributed by atoms with Crippen LogP contribution < -0.4 is 10.2 Å². The summed E-state index contributed by atoms with van der Waals surface area (Å²) in [5.74, 6) is 1.63. The van der Waals surface area contributed by atoms with Gasteiger partial charge in [0.25, 0.3) is 0 Å². The molecule has 26 heavy (non-hydrogen) atoms. The topological polar surface area (TPSA) is 43.8 Å². The minimum Gasteiger partial charge on any atom is -0.357 e. The first-order valence-electron chi connectivity index (χ1n) is 9.02. The highest BCUT2D eigenvalue weighted by molar-refractivity contribution is 5.79. The van der Waals surface area contributed by atoms with Crippen molar-refractivity contribution in [1.82, 2.24) is 15.2 Å². The molecule has 1 aromatic heterocycles. The van der Waals surface area contributed by atoms with Crippen LogP contribution in [0, 0.1) is 5.82 Å². The van der Waals surface area contributed by atoms with Gasteiger partial charge in [0.2, 0.25) is 0 Å². The summed E-state index contributed by atoms with van der Waals surface area (Å²) in [7, 11) is 3.74. The van der Waals surface area contributed by atoms with Gasteiger partial charge in [-0.1, -0.05) is 12.1 Å². The average Bonchev–Trinajstić information content (AvgIpc) is 3.19. The lowest BCUT2D eigenvalue weighted by atomic mass is 10.2. The van der Waals surface area contributed by atoms with Crippen LogP contribution in [0.3, 0.4) is 0 Å². The predicted octanol–water partition coefficient (Wildman–Crippen LogP) is 3.03. The molecule has 0 unspecified atom stereocenters. The fraction of sp³-hybridized carbons (Fsp3) is 0.400. The molecule has 0 bridgehead atoms. The number of benzene rings is 1. The van der Waals surface area contributed by atoms with E-state index in [0.717, 1.165) is 30.4 Å². The number of rotatable bonds is 5. The summed E-state index contributed by atoms with van der Waals surface area (Å²) in [5, 5.41) is 3.39. The smallest absolute Gasteiger partial charge is 0.193 e. The number of halogens is 1. The zero-order valence-electron chi connectivity index (χ0n) is 15.5. The Morgan fingerprint density at radius 1 is 1.19 bits per heavy atom. The van der Waals surface area contributed by atoms with Crippen LogP contribution in [-0.4, -0.2) is 43.0 Å². The lowest BCUT2D eigenvalue weighted by Gasteiger charge is -2.22. The molecule has 0 aliphatic carbocycles. The summed E-state index contributed by atoms with van der Waals surface area (Å²) in [6.45, 7) is 3.52. The Morgan fingerprint density at radius 2 is 1.92 bits per heavy atom. The Balaban J connectivity index is 1.58. The van der Waals surface area contributed by atoms with Crippen LogP contribution in [0.1, 0.15) is 24.0 Å². The molecule has 0 atom stereocenters. The van der Waals surface area contributed by atoms with E-state index in [2.05, 4.69) is 26.3 Å². The van der Waals surface area contributed by atoms with E-state index in [1.807, 2.05) is 24.2 Å². The van der Waals surface area contributed by atoms with Gasteiger partial charge in [0.1, 0.15) is 11.6 Å². The number of aromatic nitrogens is 1. The van der Waals surface area contributed by atoms with Gasteiger partial charge in [-0.3, -0.25) is 4.99 Å². The maximum absolute atomic E-state index is 13.0. The number of anilines is 1. The molecule has 1 N–H and O–H groups in total. The van der Waals surface area contributed by atoms with Gasteiger partial charge in [-0.15, -0.1) is 0 Å². The van der Waals surface area contributed by atoms with E-state index < -0.39 is 0 Å². The van der Waals surface area contributed by atoms with Crippen molar-refractivity contribution in [3.05, 3.63) is 59.5 Å². The molecule has 1 saturated heterocycles. The minimum atomic E-state index is -0.217. The van der Waals surface area contributed by atoms with Crippen molar-refractivity contribution in [3.63, 3.8) is 0 Å². The first kappa shape index (κ1) is 18.2. The Labute approximate surface area is 154 Å². The monoisotopic (exact) mass is 355 g/mol. The van der Waals surface area contributed by atoms with Gasteiger partial charge in [0.05, 0.1) is 0 Å². The van der Waals surface area contributed by atoms with E-state index in [1.165, 1.54) is 30.5 Å². The molecule has 0 amide bonds. The van der Waals surface area contributed by atoms with Crippen LogP contribution in [0.4, 0.5) is 10.2 Å². The van der Waals surface area contributed by atoms with Crippen LogP contribution in [0.5, 0.6) is 0 Å². The number of nitrogens with one attached hydrogen (secondary N) is 1. The summed E-state index contributed by atoms with van der Waals surface area (Å²) in [4.78, 5) is 13.2. The van der Waals surface area contributed by atoms with Crippen molar-refractivity contribution < 1.29 is 4.39 Å². The Bertz CT molecular complexity index is 738. The average molecular weight is 355 g/mol. The van der Waals surface area contributed by atoms with Gasteiger partial charge >= 0.3 is 0 Å². The molecule has 6 heteroatoms. The SMILES string of the molecule is CN=C(NCc1ccnc(N2CCCC2)c1)N(C)Cc1ccc(F)cc1. The van der Waals surface area contributed by atoms with E-state index in [0.29, 0.717) is 13.1 Å². The summed E-state index contributed by atoms with van der Waals surface area (Å²) < 4.78 is 13.0. The number of guanidine groups is 1. The predicted molar refractivity (Wildman–Crippen MR) is 104 cm³/mol. The first-order valence-corrected chi connectivity index (χ1v) is 9.02. The molecule has 5 nitrogen and oxygen atoms in total. The van der Waals surface area contributed by atoms with Crippen LogP contribution in [0.2, 0.25) is 0 Å². The number of aliphatic imine (C=N–C) groups is 1. The summed E-state index contributed by atoms with van der Waals surface area (Å²) in [6.07, 6.45) is 4.35. The van der Waals surface area contributed by atoms with Crippen LogP contribution in [-0.2, 0) is 13.1 Å². The third kappa shape index (κ3) is 4.71. The van der Waals surface area contributed by atoms with E-state index in [4.69, 9.17) is 0 Å². The lowest BCUT2D eigenvalue weighted by Crippen LogP contribution is -2.38. The zero-order chi connectivity index (χ0) is 18.4. The van der Waals surface area contributed by atoms with Crippen molar-refractivity contribution >= 4 is 11.8 Å². The third-order valence-corrected chi connectivity index (χ3v) is 4.60. The van der Waals surface area contributed by atoms with E-state index in [9.17, 15) is 4.39 Å². The number of hydrogen-bond donors (Lipinski definition) is 1. The van der Waals surface area contributed by atoms with Crippen molar-refractivity contribution in [2.45, 2.75) is 25.9 Å². The molecule has 2 heterocycles. The Morgan fingerprint density at radius 3 is 2.62 bits per heavy atom. The van der Waals surface area contributed by atoms with Crippen molar-refractivity contribution in [2.24, 2.45) is 4.99 Å². The molecular weight excluding hydrogens is 329 g/mol. The quantitative estimate of drug-likeness (QED) is 0.661. The zero-order valence-corrected chi connectivity index (χ0v) is 15.5. The maximum Gasteiger partial charge on any atom is 0.193 e. The molecule has 1 aromatic carbocycles. The number of pyridine rings is 1. The maximum atomic E-state index is 13.0. The van der Waals surface area contributed by atoms with E-state index >= 15 is 0 Å².